The normalized spacial score (nSPS) is 11.4. The third kappa shape index (κ3) is 4.38. The minimum absolute atomic E-state index is 0.271. The van der Waals surface area contributed by atoms with Crippen molar-refractivity contribution in [2.75, 3.05) is 6.54 Å². The molecule has 0 bridgehead atoms. The van der Waals surface area contributed by atoms with Crippen LogP contribution in [0.5, 0.6) is 0 Å². The molecule has 0 radical (unpaired) electrons. The molecule has 3 amide bonds. The van der Waals surface area contributed by atoms with Crippen LogP contribution in [0, 0.1) is 0 Å². The average molecular weight is 278 g/mol. The Bertz CT molecular complexity index is 462. The first-order chi connectivity index (χ1) is 9.60. The Morgan fingerprint density at radius 3 is 2.50 bits per heavy atom. The van der Waals surface area contributed by atoms with Crippen LogP contribution in [0.2, 0.25) is 0 Å². The van der Waals surface area contributed by atoms with Crippen LogP contribution in [0.1, 0.15) is 31.4 Å². The van der Waals surface area contributed by atoms with Crippen LogP contribution >= 0.6 is 0 Å². The van der Waals surface area contributed by atoms with Crippen molar-refractivity contribution in [3.63, 3.8) is 0 Å². The Balaban J connectivity index is 2.78. The smallest absolute Gasteiger partial charge is 0.330 e. The second-order valence-corrected chi connectivity index (χ2v) is 4.28. The van der Waals surface area contributed by atoms with E-state index < -0.39 is 18.0 Å². The molecule has 2 N–H and O–H groups in total. The first kappa shape index (κ1) is 15.7. The molecule has 1 aromatic rings. The molecule has 1 unspecified atom stereocenters. The van der Waals surface area contributed by atoms with E-state index in [0.717, 1.165) is 11.3 Å². The Kier molecular flexibility index (Phi) is 6.22. The number of rotatable bonds is 7. The molecule has 0 aliphatic heterocycles. The average Bonchev–Trinajstić information content (AvgIpc) is 2.46. The van der Waals surface area contributed by atoms with Crippen molar-refractivity contribution < 1.29 is 19.5 Å². The lowest BCUT2D eigenvalue weighted by molar-refractivity contribution is -0.139. The zero-order valence-corrected chi connectivity index (χ0v) is 11.3. The van der Waals surface area contributed by atoms with Crippen molar-refractivity contribution in [1.82, 2.24) is 10.2 Å². The van der Waals surface area contributed by atoms with Gasteiger partial charge in [-0.3, -0.25) is 9.69 Å². The third-order valence-electron chi connectivity index (χ3n) is 2.79. The summed E-state index contributed by atoms with van der Waals surface area (Å²) < 4.78 is 0. The van der Waals surface area contributed by atoms with Gasteiger partial charge in [0.2, 0.25) is 6.41 Å². The number of imide groups is 1. The zero-order valence-electron chi connectivity index (χ0n) is 11.3. The summed E-state index contributed by atoms with van der Waals surface area (Å²) in [5, 5.41) is 11.5. The second kappa shape index (κ2) is 7.93. The van der Waals surface area contributed by atoms with Gasteiger partial charge in [0.25, 0.3) is 0 Å². The molecule has 20 heavy (non-hydrogen) atoms. The van der Waals surface area contributed by atoms with Gasteiger partial charge < -0.3 is 10.4 Å². The van der Waals surface area contributed by atoms with Crippen LogP contribution in [0.4, 0.5) is 4.79 Å². The molecule has 1 aromatic carbocycles. The summed E-state index contributed by atoms with van der Waals surface area (Å²) in [5.41, 5.74) is 0.453. The van der Waals surface area contributed by atoms with Gasteiger partial charge in [0.1, 0.15) is 0 Å². The van der Waals surface area contributed by atoms with E-state index in [1.54, 1.807) is 30.3 Å². The second-order valence-electron chi connectivity index (χ2n) is 4.28. The number of carboxylic acid groups (broad SMARTS) is 1. The highest BCUT2D eigenvalue weighted by atomic mass is 16.4. The number of carbonyl (C=O) groups is 3. The number of aliphatic carboxylic acids is 1. The molecule has 6 heteroatoms. The highest BCUT2D eigenvalue weighted by Crippen LogP contribution is 2.13. The van der Waals surface area contributed by atoms with Crippen molar-refractivity contribution in [1.29, 1.82) is 0 Å². The highest BCUT2D eigenvalue weighted by molar-refractivity contribution is 5.88. The van der Waals surface area contributed by atoms with Crippen molar-refractivity contribution in [3.8, 4) is 0 Å². The van der Waals surface area contributed by atoms with Gasteiger partial charge in [-0.15, -0.1) is 0 Å². The molecule has 0 aliphatic carbocycles. The molecule has 0 saturated heterocycles. The van der Waals surface area contributed by atoms with Crippen LogP contribution in [0.3, 0.4) is 0 Å². The Labute approximate surface area is 117 Å². The lowest BCUT2D eigenvalue weighted by Gasteiger charge is -2.20. The van der Waals surface area contributed by atoms with Gasteiger partial charge in [-0.25, -0.2) is 9.59 Å². The molecule has 6 nitrogen and oxygen atoms in total. The van der Waals surface area contributed by atoms with Crippen LogP contribution in [-0.4, -0.2) is 35.0 Å². The fourth-order valence-electron chi connectivity index (χ4n) is 1.67. The minimum atomic E-state index is -1.18. The molecule has 1 atom stereocenters. The fourth-order valence-corrected chi connectivity index (χ4v) is 1.67. The quantitative estimate of drug-likeness (QED) is 0.744. The number of carboxylic acids is 1. The Morgan fingerprint density at radius 2 is 2.00 bits per heavy atom. The van der Waals surface area contributed by atoms with Gasteiger partial charge in [0.15, 0.2) is 6.04 Å². The number of hydrogen-bond acceptors (Lipinski definition) is 3. The first-order valence-corrected chi connectivity index (χ1v) is 6.40. The number of unbranched alkanes of at least 4 members (excludes halogenated alkanes) is 1. The number of carbonyl (C=O) groups excluding carboxylic acids is 2. The molecular formula is C14H18N2O4. The predicted octanol–water partition coefficient (Wildman–Crippen LogP) is 1.78. The van der Waals surface area contributed by atoms with Gasteiger partial charge >= 0.3 is 12.0 Å². The summed E-state index contributed by atoms with van der Waals surface area (Å²) in [5.74, 6) is -1.18. The van der Waals surface area contributed by atoms with E-state index in [4.69, 9.17) is 0 Å². The molecule has 108 valence electrons. The Morgan fingerprint density at radius 1 is 1.35 bits per heavy atom. The molecule has 0 fully saturated rings. The maximum absolute atomic E-state index is 11.9. The standard InChI is InChI=1S/C14H18N2O4/c1-2-3-9-16(10-17)14(20)15-12(13(18)19)11-7-5-4-6-8-11/h4-8,10,12H,2-3,9H2,1H3,(H,15,20)(H,18,19). The maximum Gasteiger partial charge on any atom is 0.330 e. The number of amides is 3. The van der Waals surface area contributed by atoms with Gasteiger partial charge in [-0.2, -0.15) is 0 Å². The van der Waals surface area contributed by atoms with Crippen LogP contribution < -0.4 is 5.32 Å². The van der Waals surface area contributed by atoms with Crippen molar-refractivity contribution in [2.24, 2.45) is 0 Å². The molecule has 0 saturated carbocycles. The number of nitrogens with zero attached hydrogens (tertiary/aromatic N) is 1. The lowest BCUT2D eigenvalue weighted by Crippen LogP contribution is -2.43. The monoisotopic (exact) mass is 278 g/mol. The largest absolute Gasteiger partial charge is 0.479 e. The van der Waals surface area contributed by atoms with Crippen LogP contribution in [0.25, 0.3) is 0 Å². The third-order valence-corrected chi connectivity index (χ3v) is 2.79. The summed E-state index contributed by atoms with van der Waals surface area (Å²) in [6.07, 6.45) is 1.92. The summed E-state index contributed by atoms with van der Waals surface area (Å²) in [6.45, 7) is 2.21. The fraction of sp³-hybridized carbons (Fsp3) is 0.357. The topological polar surface area (TPSA) is 86.7 Å². The molecule has 1 rings (SSSR count). The number of urea groups is 1. The van der Waals surface area contributed by atoms with E-state index in [-0.39, 0.29) is 6.54 Å². The summed E-state index contributed by atoms with van der Waals surface area (Å²) in [7, 11) is 0. The first-order valence-electron chi connectivity index (χ1n) is 6.40. The Hall–Kier alpha value is -2.37. The predicted molar refractivity (Wildman–Crippen MR) is 73.0 cm³/mol. The minimum Gasteiger partial charge on any atom is -0.479 e. The van der Waals surface area contributed by atoms with E-state index in [1.807, 2.05) is 6.92 Å². The van der Waals surface area contributed by atoms with Gasteiger partial charge in [-0.05, 0) is 12.0 Å². The molecule has 0 spiro atoms. The van der Waals surface area contributed by atoms with E-state index >= 15 is 0 Å². The molecule has 0 aromatic heterocycles. The maximum atomic E-state index is 11.9. The van der Waals surface area contributed by atoms with Gasteiger partial charge in [0.05, 0.1) is 0 Å². The van der Waals surface area contributed by atoms with E-state index in [0.29, 0.717) is 18.4 Å². The van der Waals surface area contributed by atoms with Crippen LogP contribution in [0.15, 0.2) is 30.3 Å². The van der Waals surface area contributed by atoms with Crippen LogP contribution in [-0.2, 0) is 9.59 Å². The summed E-state index contributed by atoms with van der Waals surface area (Å²) in [6, 6.07) is 6.46. The highest BCUT2D eigenvalue weighted by Gasteiger charge is 2.24. The molecular weight excluding hydrogens is 260 g/mol. The number of benzene rings is 1. The van der Waals surface area contributed by atoms with E-state index in [1.165, 1.54) is 0 Å². The lowest BCUT2D eigenvalue weighted by atomic mass is 10.1. The van der Waals surface area contributed by atoms with Crippen molar-refractivity contribution in [3.05, 3.63) is 35.9 Å². The SMILES string of the molecule is CCCCN(C=O)C(=O)NC(C(=O)O)c1ccccc1. The van der Waals surface area contributed by atoms with E-state index in [9.17, 15) is 19.5 Å². The van der Waals surface area contributed by atoms with Gasteiger partial charge in [0, 0.05) is 6.54 Å². The van der Waals surface area contributed by atoms with Crippen molar-refractivity contribution >= 4 is 18.4 Å². The molecule has 0 heterocycles. The molecule has 0 aliphatic rings. The van der Waals surface area contributed by atoms with E-state index in [2.05, 4.69) is 5.32 Å². The van der Waals surface area contributed by atoms with Gasteiger partial charge in [-0.1, -0.05) is 43.7 Å². The van der Waals surface area contributed by atoms with Crippen molar-refractivity contribution in [2.45, 2.75) is 25.8 Å². The summed E-state index contributed by atoms with van der Waals surface area (Å²) in [4.78, 5) is 34.9. The number of hydrogen-bond donors (Lipinski definition) is 2. The zero-order chi connectivity index (χ0) is 15.0. The number of nitrogens with one attached hydrogen (secondary N) is 1. The summed E-state index contributed by atoms with van der Waals surface area (Å²) >= 11 is 0.